The maximum Gasteiger partial charge on any atom is 0.317 e. The average Bonchev–Trinajstić information content (AvgIpc) is 2.63. The van der Waals surface area contributed by atoms with Crippen molar-refractivity contribution in [2.45, 2.75) is 33.1 Å². The van der Waals surface area contributed by atoms with E-state index in [2.05, 4.69) is 24.5 Å². The lowest BCUT2D eigenvalue weighted by atomic mass is 9.94. The Balaban J connectivity index is 2.39. The Morgan fingerprint density at radius 3 is 2.70 bits per heavy atom. The topological polar surface area (TPSA) is 81.7 Å². The molecule has 0 aliphatic carbocycles. The van der Waals surface area contributed by atoms with E-state index in [1.807, 2.05) is 0 Å². The van der Waals surface area contributed by atoms with E-state index in [1.54, 1.807) is 4.90 Å². The highest BCUT2D eigenvalue weighted by Gasteiger charge is 2.19. The number of carbonyl (C=O) groups is 2. The summed E-state index contributed by atoms with van der Waals surface area (Å²) in [5.74, 6) is -0.371. The minimum atomic E-state index is -0.802. The van der Waals surface area contributed by atoms with Gasteiger partial charge in [-0.05, 0) is 31.2 Å². The second kappa shape index (κ2) is 8.79. The van der Waals surface area contributed by atoms with Crippen LogP contribution in [0.4, 0.5) is 4.79 Å². The molecule has 0 aromatic carbocycles. The van der Waals surface area contributed by atoms with Gasteiger partial charge in [-0.2, -0.15) is 0 Å². The predicted molar refractivity (Wildman–Crippen MR) is 77.7 cm³/mol. The SMILES string of the molecule is CC(C)CC(CNC(=O)N1CCCNCC1)CC(=O)O. The predicted octanol–water partition coefficient (Wildman–Crippen LogP) is 1.13. The third-order valence-corrected chi connectivity index (χ3v) is 3.44. The molecule has 1 unspecified atom stereocenters. The summed E-state index contributed by atoms with van der Waals surface area (Å²) in [7, 11) is 0. The lowest BCUT2D eigenvalue weighted by Crippen LogP contribution is -2.43. The summed E-state index contributed by atoms with van der Waals surface area (Å²) in [5.41, 5.74) is 0. The minimum absolute atomic E-state index is 0.00144. The van der Waals surface area contributed by atoms with E-state index < -0.39 is 5.97 Å². The zero-order chi connectivity index (χ0) is 15.0. The highest BCUT2D eigenvalue weighted by Crippen LogP contribution is 2.14. The number of nitrogens with zero attached hydrogens (tertiary/aromatic N) is 1. The molecule has 6 heteroatoms. The van der Waals surface area contributed by atoms with Crippen LogP contribution in [-0.2, 0) is 4.79 Å². The summed E-state index contributed by atoms with van der Waals surface area (Å²) in [6.07, 6.45) is 1.88. The third-order valence-electron chi connectivity index (χ3n) is 3.44. The van der Waals surface area contributed by atoms with Gasteiger partial charge in [0.2, 0.25) is 0 Å². The number of hydrogen-bond acceptors (Lipinski definition) is 3. The molecule has 0 bridgehead atoms. The standard InChI is InChI=1S/C14H27N3O3/c1-11(2)8-12(9-13(18)19)10-16-14(20)17-6-3-4-15-5-7-17/h11-12,15H,3-10H2,1-2H3,(H,16,20)(H,18,19). The van der Waals surface area contributed by atoms with Gasteiger partial charge in [0.15, 0.2) is 0 Å². The lowest BCUT2D eigenvalue weighted by Gasteiger charge is -2.23. The van der Waals surface area contributed by atoms with Gasteiger partial charge in [0.25, 0.3) is 0 Å². The molecule has 0 radical (unpaired) electrons. The molecule has 1 fully saturated rings. The molecular formula is C14H27N3O3. The summed E-state index contributed by atoms with van der Waals surface area (Å²) in [5, 5.41) is 15.1. The van der Waals surface area contributed by atoms with Gasteiger partial charge in [-0.3, -0.25) is 4.79 Å². The van der Waals surface area contributed by atoms with E-state index in [4.69, 9.17) is 5.11 Å². The second-order valence-electron chi connectivity index (χ2n) is 5.87. The summed E-state index contributed by atoms with van der Waals surface area (Å²) in [6.45, 7) is 7.80. The highest BCUT2D eigenvalue weighted by molar-refractivity contribution is 5.74. The molecule has 0 aromatic heterocycles. The third kappa shape index (κ3) is 6.75. The van der Waals surface area contributed by atoms with Crippen molar-refractivity contribution in [3.05, 3.63) is 0 Å². The molecule has 1 heterocycles. The number of nitrogens with one attached hydrogen (secondary N) is 2. The van der Waals surface area contributed by atoms with Crippen LogP contribution in [0.1, 0.15) is 33.1 Å². The Morgan fingerprint density at radius 2 is 2.05 bits per heavy atom. The number of carboxylic acids is 1. The van der Waals surface area contributed by atoms with Gasteiger partial charge < -0.3 is 20.6 Å². The van der Waals surface area contributed by atoms with Crippen LogP contribution in [0.2, 0.25) is 0 Å². The van der Waals surface area contributed by atoms with Gasteiger partial charge >= 0.3 is 12.0 Å². The number of amides is 2. The maximum atomic E-state index is 12.1. The van der Waals surface area contributed by atoms with Crippen molar-refractivity contribution < 1.29 is 14.7 Å². The van der Waals surface area contributed by atoms with Crippen molar-refractivity contribution in [1.82, 2.24) is 15.5 Å². The molecule has 116 valence electrons. The zero-order valence-corrected chi connectivity index (χ0v) is 12.5. The van der Waals surface area contributed by atoms with E-state index in [1.165, 1.54) is 0 Å². The van der Waals surface area contributed by atoms with Gasteiger partial charge in [0.05, 0.1) is 0 Å². The molecule has 3 N–H and O–H groups in total. The first-order chi connectivity index (χ1) is 9.49. The van der Waals surface area contributed by atoms with Crippen LogP contribution in [-0.4, -0.2) is 54.7 Å². The fourth-order valence-electron chi connectivity index (χ4n) is 2.54. The number of urea groups is 1. The smallest absolute Gasteiger partial charge is 0.317 e. The van der Waals surface area contributed by atoms with Crippen LogP contribution in [0.25, 0.3) is 0 Å². The molecule has 0 saturated carbocycles. The van der Waals surface area contributed by atoms with E-state index in [0.29, 0.717) is 19.0 Å². The molecule has 0 spiro atoms. The monoisotopic (exact) mass is 285 g/mol. The fraction of sp³-hybridized carbons (Fsp3) is 0.857. The first kappa shape index (κ1) is 16.8. The van der Waals surface area contributed by atoms with Gasteiger partial charge in [-0.25, -0.2) is 4.79 Å². The number of aliphatic carboxylic acids is 1. The Bertz CT molecular complexity index is 313. The van der Waals surface area contributed by atoms with Crippen molar-refractivity contribution in [2.24, 2.45) is 11.8 Å². The number of hydrogen-bond donors (Lipinski definition) is 3. The van der Waals surface area contributed by atoms with Crippen molar-refractivity contribution in [3.63, 3.8) is 0 Å². The number of rotatable bonds is 6. The first-order valence-electron chi connectivity index (χ1n) is 7.44. The fourth-order valence-corrected chi connectivity index (χ4v) is 2.54. The Labute approximate surface area is 120 Å². The van der Waals surface area contributed by atoms with Crippen molar-refractivity contribution >= 4 is 12.0 Å². The Morgan fingerprint density at radius 1 is 1.30 bits per heavy atom. The van der Waals surface area contributed by atoms with Gasteiger partial charge in [-0.1, -0.05) is 13.8 Å². The molecular weight excluding hydrogens is 258 g/mol. The molecule has 1 aliphatic rings. The van der Waals surface area contributed by atoms with Crippen LogP contribution >= 0.6 is 0 Å². The van der Waals surface area contributed by atoms with Gasteiger partial charge in [0.1, 0.15) is 0 Å². The molecule has 1 saturated heterocycles. The molecule has 1 atom stereocenters. The van der Waals surface area contributed by atoms with Crippen molar-refractivity contribution in [2.75, 3.05) is 32.7 Å². The second-order valence-corrected chi connectivity index (χ2v) is 5.87. The summed E-state index contributed by atoms with van der Waals surface area (Å²) < 4.78 is 0. The number of carboxylic acid groups (broad SMARTS) is 1. The normalized spacial score (nSPS) is 17.6. The number of carbonyl (C=O) groups excluding carboxylic acids is 1. The van der Waals surface area contributed by atoms with Crippen LogP contribution < -0.4 is 10.6 Å². The van der Waals surface area contributed by atoms with E-state index in [0.717, 1.165) is 32.5 Å². The van der Waals surface area contributed by atoms with Crippen LogP contribution in [0.5, 0.6) is 0 Å². The zero-order valence-electron chi connectivity index (χ0n) is 12.5. The van der Waals surface area contributed by atoms with Crippen LogP contribution in [0, 0.1) is 11.8 Å². The summed E-state index contributed by atoms with van der Waals surface area (Å²) >= 11 is 0. The summed E-state index contributed by atoms with van der Waals surface area (Å²) in [4.78, 5) is 24.7. The minimum Gasteiger partial charge on any atom is -0.481 e. The molecule has 6 nitrogen and oxygen atoms in total. The van der Waals surface area contributed by atoms with Gasteiger partial charge in [-0.15, -0.1) is 0 Å². The van der Waals surface area contributed by atoms with E-state index in [9.17, 15) is 9.59 Å². The van der Waals surface area contributed by atoms with Crippen molar-refractivity contribution in [3.8, 4) is 0 Å². The molecule has 2 amide bonds. The largest absolute Gasteiger partial charge is 0.481 e. The molecule has 1 rings (SSSR count). The van der Waals surface area contributed by atoms with Crippen molar-refractivity contribution in [1.29, 1.82) is 0 Å². The van der Waals surface area contributed by atoms with Crippen LogP contribution in [0.15, 0.2) is 0 Å². The molecule has 20 heavy (non-hydrogen) atoms. The Hall–Kier alpha value is -1.30. The summed E-state index contributed by atoms with van der Waals surface area (Å²) in [6, 6.07) is -0.0761. The molecule has 1 aliphatic heterocycles. The van der Waals surface area contributed by atoms with E-state index in [-0.39, 0.29) is 18.4 Å². The first-order valence-corrected chi connectivity index (χ1v) is 7.44. The Kier molecular flexibility index (Phi) is 7.36. The maximum absolute atomic E-state index is 12.1. The lowest BCUT2D eigenvalue weighted by molar-refractivity contribution is -0.138. The van der Waals surface area contributed by atoms with Gasteiger partial charge in [0, 0.05) is 32.6 Å². The molecule has 0 aromatic rings. The van der Waals surface area contributed by atoms with Crippen LogP contribution in [0.3, 0.4) is 0 Å². The highest BCUT2D eigenvalue weighted by atomic mass is 16.4. The average molecular weight is 285 g/mol. The quantitative estimate of drug-likeness (QED) is 0.683. The van der Waals surface area contributed by atoms with E-state index >= 15 is 0 Å².